The van der Waals surface area contributed by atoms with Gasteiger partial charge in [-0.2, -0.15) is 0 Å². The van der Waals surface area contributed by atoms with Gasteiger partial charge in [0.15, 0.2) is 0 Å². The van der Waals surface area contributed by atoms with Gasteiger partial charge in [-0.1, -0.05) is 30.9 Å². The third-order valence-electron chi connectivity index (χ3n) is 2.08. The summed E-state index contributed by atoms with van der Waals surface area (Å²) >= 11 is 0. The fourth-order valence-electron chi connectivity index (χ4n) is 1.17. The van der Waals surface area contributed by atoms with Crippen molar-refractivity contribution >= 4 is 0 Å². The van der Waals surface area contributed by atoms with Gasteiger partial charge >= 0.3 is 0 Å². The van der Waals surface area contributed by atoms with Crippen LogP contribution in [0, 0.1) is 12.3 Å². The summed E-state index contributed by atoms with van der Waals surface area (Å²) in [6, 6.07) is 0. The Bertz CT molecular complexity index is 206. The zero-order chi connectivity index (χ0) is 10.3. The van der Waals surface area contributed by atoms with Crippen molar-refractivity contribution in [2.75, 3.05) is 0 Å². The maximum atomic E-state index is 9.50. The van der Waals surface area contributed by atoms with E-state index in [1.54, 1.807) is 6.92 Å². The Morgan fingerprint density at radius 1 is 1.62 bits per heavy atom. The molecule has 0 aliphatic heterocycles. The summed E-state index contributed by atoms with van der Waals surface area (Å²) in [5.41, 5.74) is 0.443. The summed E-state index contributed by atoms with van der Waals surface area (Å²) in [5, 5.41) is 9.50. The molecule has 0 aliphatic carbocycles. The van der Waals surface area contributed by atoms with Crippen molar-refractivity contribution < 1.29 is 5.11 Å². The van der Waals surface area contributed by atoms with Gasteiger partial charge in [0.05, 0.1) is 0 Å². The summed E-state index contributed by atoms with van der Waals surface area (Å²) < 4.78 is 0. The molecule has 0 amide bonds. The molecule has 1 N–H and O–H groups in total. The summed E-state index contributed by atoms with van der Waals surface area (Å²) in [7, 11) is 0. The normalized spacial score (nSPS) is 16.4. The summed E-state index contributed by atoms with van der Waals surface area (Å²) in [5.74, 6) is 2.37. The topological polar surface area (TPSA) is 20.2 Å². The molecule has 1 nitrogen and oxygen atoms in total. The van der Waals surface area contributed by atoms with Crippen LogP contribution in [0.4, 0.5) is 0 Å². The largest absolute Gasteiger partial charge is 0.378 e. The minimum absolute atomic E-state index is 0.643. The van der Waals surface area contributed by atoms with Crippen molar-refractivity contribution in [2.24, 2.45) is 0 Å². The molecule has 0 saturated heterocycles. The number of rotatable bonds is 5. The van der Waals surface area contributed by atoms with Crippen LogP contribution in [0.25, 0.3) is 0 Å². The SMILES string of the molecule is C#CC(C)(O)CCC=C(C)CCC. The lowest BCUT2D eigenvalue weighted by Gasteiger charge is -2.14. The van der Waals surface area contributed by atoms with Crippen molar-refractivity contribution in [3.8, 4) is 12.3 Å². The molecule has 0 heterocycles. The van der Waals surface area contributed by atoms with Gasteiger partial charge in [-0.25, -0.2) is 0 Å². The van der Waals surface area contributed by atoms with E-state index in [-0.39, 0.29) is 0 Å². The molecular weight excluding hydrogens is 160 g/mol. The van der Waals surface area contributed by atoms with Gasteiger partial charge in [0.1, 0.15) is 5.60 Å². The molecule has 0 aromatic heterocycles. The third-order valence-corrected chi connectivity index (χ3v) is 2.08. The molecule has 13 heavy (non-hydrogen) atoms. The first-order chi connectivity index (χ1) is 6.02. The van der Waals surface area contributed by atoms with Gasteiger partial charge in [-0.15, -0.1) is 6.42 Å². The first-order valence-corrected chi connectivity index (χ1v) is 4.87. The predicted octanol–water partition coefficient (Wildman–Crippen LogP) is 2.90. The number of terminal acetylenes is 1. The van der Waals surface area contributed by atoms with Gasteiger partial charge in [0.25, 0.3) is 0 Å². The standard InChI is InChI=1S/C12H20O/c1-5-8-11(3)9-7-10-12(4,13)6-2/h2,9,13H,5,7-8,10H2,1,3-4H3. The first kappa shape index (κ1) is 12.3. The zero-order valence-electron chi connectivity index (χ0n) is 8.93. The molecule has 0 rings (SSSR count). The average Bonchev–Trinajstić information content (AvgIpc) is 2.05. The number of aliphatic hydroxyl groups is 1. The summed E-state index contributed by atoms with van der Waals surface area (Å²) in [6.45, 7) is 5.96. The van der Waals surface area contributed by atoms with E-state index in [0.29, 0.717) is 6.42 Å². The molecule has 0 saturated carbocycles. The Kier molecular flexibility index (Phi) is 5.50. The van der Waals surface area contributed by atoms with Crippen LogP contribution in [0.3, 0.4) is 0 Å². The van der Waals surface area contributed by atoms with E-state index in [9.17, 15) is 5.11 Å². The molecule has 1 heteroatoms. The van der Waals surface area contributed by atoms with Crippen molar-refractivity contribution in [3.63, 3.8) is 0 Å². The minimum Gasteiger partial charge on any atom is -0.378 e. The lowest BCUT2D eigenvalue weighted by atomic mass is 10.00. The Labute approximate surface area is 81.9 Å². The van der Waals surface area contributed by atoms with Crippen LogP contribution < -0.4 is 0 Å². The zero-order valence-corrected chi connectivity index (χ0v) is 8.93. The van der Waals surface area contributed by atoms with E-state index in [2.05, 4.69) is 25.8 Å². The lowest BCUT2D eigenvalue weighted by Crippen LogP contribution is -2.20. The highest BCUT2D eigenvalue weighted by Crippen LogP contribution is 2.13. The second-order valence-electron chi connectivity index (χ2n) is 3.76. The Hall–Kier alpha value is -0.740. The number of hydrogen-bond acceptors (Lipinski definition) is 1. The van der Waals surface area contributed by atoms with Crippen LogP contribution in [0.15, 0.2) is 11.6 Å². The highest BCUT2D eigenvalue weighted by atomic mass is 16.3. The Balaban J connectivity index is 3.79. The monoisotopic (exact) mass is 180 g/mol. The minimum atomic E-state index is -0.941. The second kappa shape index (κ2) is 5.83. The van der Waals surface area contributed by atoms with E-state index in [0.717, 1.165) is 12.8 Å². The van der Waals surface area contributed by atoms with Gasteiger partial charge < -0.3 is 5.11 Å². The molecule has 0 radical (unpaired) electrons. The van der Waals surface area contributed by atoms with Crippen molar-refractivity contribution in [1.29, 1.82) is 0 Å². The maximum Gasteiger partial charge on any atom is 0.122 e. The van der Waals surface area contributed by atoms with Crippen LogP contribution in [0.2, 0.25) is 0 Å². The Morgan fingerprint density at radius 2 is 2.23 bits per heavy atom. The smallest absolute Gasteiger partial charge is 0.122 e. The van der Waals surface area contributed by atoms with Crippen LogP contribution in [-0.2, 0) is 0 Å². The third kappa shape index (κ3) is 6.42. The molecule has 0 aromatic carbocycles. The predicted molar refractivity (Wildman–Crippen MR) is 57.4 cm³/mol. The van der Waals surface area contributed by atoms with E-state index < -0.39 is 5.60 Å². The van der Waals surface area contributed by atoms with Gasteiger partial charge in [0.2, 0.25) is 0 Å². The van der Waals surface area contributed by atoms with Crippen LogP contribution in [0.5, 0.6) is 0 Å². The molecule has 0 bridgehead atoms. The average molecular weight is 180 g/mol. The summed E-state index contributed by atoms with van der Waals surface area (Å²) in [4.78, 5) is 0. The second-order valence-corrected chi connectivity index (χ2v) is 3.76. The van der Waals surface area contributed by atoms with E-state index >= 15 is 0 Å². The molecule has 1 unspecified atom stereocenters. The van der Waals surface area contributed by atoms with Crippen LogP contribution >= 0.6 is 0 Å². The molecule has 74 valence electrons. The van der Waals surface area contributed by atoms with Crippen LogP contribution in [0.1, 0.15) is 46.5 Å². The van der Waals surface area contributed by atoms with Crippen molar-refractivity contribution in [2.45, 2.75) is 52.1 Å². The molecule has 0 aromatic rings. The Morgan fingerprint density at radius 3 is 2.69 bits per heavy atom. The van der Waals surface area contributed by atoms with Gasteiger partial charge in [0, 0.05) is 0 Å². The molecule has 0 spiro atoms. The quantitative estimate of drug-likeness (QED) is 0.509. The highest BCUT2D eigenvalue weighted by Gasteiger charge is 2.14. The summed E-state index contributed by atoms with van der Waals surface area (Å²) in [6.07, 6.45) is 11.1. The van der Waals surface area contributed by atoms with Crippen LogP contribution in [-0.4, -0.2) is 10.7 Å². The first-order valence-electron chi connectivity index (χ1n) is 4.87. The van der Waals surface area contributed by atoms with E-state index in [1.807, 2.05) is 0 Å². The van der Waals surface area contributed by atoms with Gasteiger partial charge in [-0.3, -0.25) is 0 Å². The lowest BCUT2D eigenvalue weighted by molar-refractivity contribution is 0.113. The fourth-order valence-corrected chi connectivity index (χ4v) is 1.17. The molecule has 0 fully saturated rings. The van der Waals surface area contributed by atoms with E-state index in [4.69, 9.17) is 6.42 Å². The molecule has 1 atom stereocenters. The van der Waals surface area contributed by atoms with Crippen molar-refractivity contribution in [1.82, 2.24) is 0 Å². The molecule has 0 aliphatic rings. The fraction of sp³-hybridized carbons (Fsp3) is 0.667. The van der Waals surface area contributed by atoms with E-state index in [1.165, 1.54) is 12.0 Å². The van der Waals surface area contributed by atoms with Crippen molar-refractivity contribution in [3.05, 3.63) is 11.6 Å². The van der Waals surface area contributed by atoms with Gasteiger partial charge in [-0.05, 0) is 33.1 Å². The number of allylic oxidation sites excluding steroid dienone is 2. The number of hydrogen-bond donors (Lipinski definition) is 1. The molecular formula is C12H20O. The maximum absolute atomic E-state index is 9.50. The highest BCUT2D eigenvalue weighted by molar-refractivity contribution is 5.06.